The third kappa shape index (κ3) is 13.5. The summed E-state index contributed by atoms with van der Waals surface area (Å²) in [5.74, 6) is -1.34. The maximum Gasteiger partial charge on any atom is 0.407 e. The zero-order valence-corrected chi connectivity index (χ0v) is 38.3. The van der Waals surface area contributed by atoms with Crippen LogP contribution >= 0.6 is 0 Å². The summed E-state index contributed by atoms with van der Waals surface area (Å²) in [4.78, 5) is 40.8. The fraction of sp³-hybridized carbons (Fsp3) is 0.460. The summed E-state index contributed by atoms with van der Waals surface area (Å²) in [5.41, 5.74) is 4.87. The molecule has 0 radical (unpaired) electrons. The molecule has 14 nitrogen and oxygen atoms in total. The van der Waals surface area contributed by atoms with Gasteiger partial charge in [-0.2, -0.15) is 0 Å². The summed E-state index contributed by atoms with van der Waals surface area (Å²) in [6.07, 6.45) is -2.71. The molecular weight excluding hydrogens is 870 g/mol. The van der Waals surface area contributed by atoms with Gasteiger partial charge in [-0.3, -0.25) is 9.59 Å². The van der Waals surface area contributed by atoms with E-state index < -0.39 is 64.5 Å². The van der Waals surface area contributed by atoms with Crippen LogP contribution in [0.5, 0.6) is 0 Å². The van der Waals surface area contributed by atoms with E-state index in [2.05, 4.69) is 5.32 Å². The van der Waals surface area contributed by atoms with Gasteiger partial charge in [-0.15, -0.1) is 0 Å². The molecular formula is C50H62FN3O11S. The van der Waals surface area contributed by atoms with Gasteiger partial charge in [0.15, 0.2) is 5.78 Å². The third-order valence-corrected chi connectivity index (χ3v) is 13.9. The van der Waals surface area contributed by atoms with Gasteiger partial charge in [-0.1, -0.05) is 85.3 Å². The molecule has 2 aliphatic heterocycles. The van der Waals surface area contributed by atoms with Gasteiger partial charge < -0.3 is 40.1 Å². The Morgan fingerprint density at radius 3 is 2.17 bits per heavy atom. The second-order valence-electron chi connectivity index (χ2n) is 17.4. The number of sulfonamides is 1. The van der Waals surface area contributed by atoms with Gasteiger partial charge in [0, 0.05) is 32.2 Å². The predicted molar refractivity (Wildman–Crippen MR) is 246 cm³/mol. The van der Waals surface area contributed by atoms with Crippen molar-refractivity contribution in [2.24, 2.45) is 5.92 Å². The van der Waals surface area contributed by atoms with Crippen molar-refractivity contribution < 1.29 is 57.1 Å². The van der Waals surface area contributed by atoms with E-state index in [0.29, 0.717) is 69.3 Å². The van der Waals surface area contributed by atoms with Crippen molar-refractivity contribution in [1.29, 1.82) is 0 Å². The van der Waals surface area contributed by atoms with Gasteiger partial charge >= 0.3 is 6.09 Å². The lowest BCUT2D eigenvalue weighted by Gasteiger charge is -2.48. The fourth-order valence-corrected chi connectivity index (χ4v) is 9.00. The van der Waals surface area contributed by atoms with Gasteiger partial charge in [-0.25, -0.2) is 21.9 Å². The van der Waals surface area contributed by atoms with E-state index in [0.717, 1.165) is 22.3 Å². The number of aryl methyl sites for hydroxylation is 2. The highest BCUT2D eigenvalue weighted by Gasteiger charge is 2.49. The van der Waals surface area contributed by atoms with Crippen molar-refractivity contribution in [2.75, 3.05) is 31.3 Å². The van der Waals surface area contributed by atoms with Crippen molar-refractivity contribution in [3.63, 3.8) is 0 Å². The number of alkyl carbamates (subject to hydrolysis) is 1. The molecule has 0 aliphatic carbocycles. The quantitative estimate of drug-likeness (QED) is 0.0451. The second-order valence-corrected chi connectivity index (χ2v) is 19.5. The Morgan fingerprint density at radius 2 is 1.48 bits per heavy atom. The number of nitrogens with one attached hydrogen (secondary N) is 1. The maximum absolute atomic E-state index is 13.9. The molecule has 2 heterocycles. The van der Waals surface area contributed by atoms with Crippen LogP contribution in [0.25, 0.3) is 0 Å². The summed E-state index contributed by atoms with van der Waals surface area (Å²) in [6, 6.07) is 29.9. The highest BCUT2D eigenvalue weighted by molar-refractivity contribution is 7.88. The van der Waals surface area contributed by atoms with Crippen LogP contribution < -0.4 is 10.2 Å². The van der Waals surface area contributed by atoms with E-state index in [4.69, 9.17) is 9.47 Å². The lowest BCUT2D eigenvalue weighted by atomic mass is 9.78. The number of benzene rings is 4. The van der Waals surface area contributed by atoms with Crippen LogP contribution in [0.2, 0.25) is 0 Å². The van der Waals surface area contributed by atoms with Crippen LogP contribution in [0.3, 0.4) is 0 Å². The van der Waals surface area contributed by atoms with Gasteiger partial charge in [0.2, 0.25) is 15.9 Å². The summed E-state index contributed by atoms with van der Waals surface area (Å²) in [6.45, 7) is 0.909. The van der Waals surface area contributed by atoms with E-state index in [1.807, 2.05) is 78.9 Å². The fourth-order valence-electron chi connectivity index (χ4n) is 8.54. The number of hydrogen-bond acceptors (Lipinski definition) is 11. The Bertz CT molecular complexity index is 2300. The molecule has 356 valence electrons. The third-order valence-electron chi connectivity index (χ3n) is 12.6. The predicted octanol–water partition coefficient (Wildman–Crippen LogP) is 5.71. The average molecular weight is 932 g/mol. The molecule has 16 heteroatoms. The summed E-state index contributed by atoms with van der Waals surface area (Å²) in [5, 5.41) is 45.9. The number of carbonyl (C=O) groups excluding carboxylic acids is 3. The number of β-lactam (4-membered cyclic amide) rings is 1. The summed E-state index contributed by atoms with van der Waals surface area (Å²) >= 11 is 0. The molecule has 2 fully saturated rings. The van der Waals surface area contributed by atoms with E-state index in [9.17, 15) is 47.6 Å². The largest absolute Gasteiger partial charge is 0.445 e. The number of Topliss-reactive ketones (excluding diaryl/α,β-unsaturated/α-hetero) is 1. The molecule has 4 aromatic rings. The Kier molecular flexibility index (Phi) is 18.0. The van der Waals surface area contributed by atoms with Crippen molar-refractivity contribution in [2.45, 2.75) is 113 Å². The molecule has 66 heavy (non-hydrogen) atoms. The smallest absolute Gasteiger partial charge is 0.407 e. The highest BCUT2D eigenvalue weighted by atomic mass is 32.2. The van der Waals surface area contributed by atoms with Crippen LogP contribution in [-0.2, 0) is 48.5 Å². The van der Waals surface area contributed by atoms with E-state index in [1.165, 1.54) is 34.8 Å². The number of aliphatic hydroxyl groups is 4. The molecule has 2 unspecified atom stereocenters. The highest BCUT2D eigenvalue weighted by Crippen LogP contribution is 2.46. The minimum Gasteiger partial charge on any atom is -0.445 e. The first-order valence-electron chi connectivity index (χ1n) is 22.6. The second kappa shape index (κ2) is 23.6. The normalized spacial score (nSPS) is 22.5. The molecule has 0 aromatic heterocycles. The minimum absolute atomic E-state index is 0.0827. The number of ketones is 1. The van der Waals surface area contributed by atoms with Crippen LogP contribution in [0.1, 0.15) is 91.3 Å². The average Bonchev–Trinajstić information content (AvgIpc) is 3.31. The SMILES string of the molecule is CN(CCCc1ccc(N2C(=O)C(CC[C@H](O)c3ccc(F)cc3)[C@H]2c2ccc(CCC3O[C@H](C(=O)CCCCCNC(=O)OCc4ccccc4)[C@@H](O)[C@H](O)[C@H]3O)cc2)cc1)S(C)(=O)=O. The first-order chi connectivity index (χ1) is 31.6. The number of ether oxygens (including phenoxy) is 2. The number of carbonyl (C=O) groups is 3. The Labute approximate surface area is 386 Å². The molecule has 0 saturated carbocycles. The summed E-state index contributed by atoms with van der Waals surface area (Å²) in [7, 11) is -1.73. The molecule has 6 rings (SSSR count). The first-order valence-corrected chi connectivity index (χ1v) is 24.5. The van der Waals surface area contributed by atoms with Gasteiger partial charge in [0.1, 0.15) is 36.8 Å². The molecule has 8 atom stereocenters. The standard InChI is InChI=1S/C50H62FN3O11S/c1-53(66(2,62)63)31-9-12-33-16-25-39(26-17-33)54-44(40(49(54)60)27-28-41(55)36-21-23-38(51)24-22-36)37-19-14-34(15-20-37)18-29-43-45(57)46(58)47(59)48(65-43)42(56)13-7-4-8-30-52-50(61)64-32-35-10-5-3-6-11-35/h3,5-6,10-11,14-17,19-26,40-41,43-48,55,57-59H,4,7-9,12-13,18,27-32H2,1-2H3,(H,52,61)/t40?,41-,43?,44+,45-,46+,47-,48+/m0/s1. The molecule has 2 amide bonds. The lowest BCUT2D eigenvalue weighted by molar-refractivity contribution is -0.220. The van der Waals surface area contributed by atoms with Crippen LogP contribution in [0.15, 0.2) is 103 Å². The van der Waals surface area contributed by atoms with Crippen molar-refractivity contribution in [3.05, 3.63) is 137 Å². The van der Waals surface area contributed by atoms with Crippen LogP contribution in [0.4, 0.5) is 14.9 Å². The molecule has 0 spiro atoms. The number of amides is 2. The molecule has 2 saturated heterocycles. The number of anilines is 1. The zero-order chi connectivity index (χ0) is 47.4. The Balaban J connectivity index is 1.03. The van der Waals surface area contributed by atoms with Gasteiger partial charge in [0.05, 0.1) is 30.4 Å². The van der Waals surface area contributed by atoms with Crippen molar-refractivity contribution in [1.82, 2.24) is 9.62 Å². The maximum atomic E-state index is 13.9. The Morgan fingerprint density at radius 1 is 0.818 bits per heavy atom. The summed E-state index contributed by atoms with van der Waals surface area (Å²) < 4.78 is 49.6. The first kappa shape index (κ1) is 50.3. The van der Waals surface area contributed by atoms with E-state index in [1.54, 1.807) is 11.9 Å². The van der Waals surface area contributed by atoms with Crippen LogP contribution in [-0.4, -0.2) is 108 Å². The number of rotatable bonds is 23. The van der Waals surface area contributed by atoms with Crippen molar-refractivity contribution in [3.8, 4) is 0 Å². The van der Waals surface area contributed by atoms with E-state index in [-0.39, 0.29) is 43.6 Å². The topological polar surface area (TPSA) is 203 Å². The lowest BCUT2D eigenvalue weighted by Crippen LogP contribution is -2.59. The number of nitrogens with zero attached hydrogens (tertiary/aromatic N) is 2. The van der Waals surface area contributed by atoms with E-state index >= 15 is 0 Å². The molecule has 2 aliphatic rings. The number of unbranched alkanes of at least 4 members (excludes halogenated alkanes) is 2. The minimum atomic E-state index is -3.27. The number of hydrogen-bond donors (Lipinski definition) is 5. The number of halogens is 1. The molecule has 0 bridgehead atoms. The van der Waals surface area contributed by atoms with Gasteiger partial charge in [0.25, 0.3) is 0 Å². The van der Waals surface area contributed by atoms with Gasteiger partial charge in [-0.05, 0) is 103 Å². The van der Waals surface area contributed by atoms with Crippen LogP contribution in [0, 0.1) is 11.7 Å². The Hall–Kier alpha value is -5.07. The monoisotopic (exact) mass is 931 g/mol. The van der Waals surface area contributed by atoms with Crippen molar-refractivity contribution >= 4 is 33.5 Å². The number of aliphatic hydroxyl groups excluding tert-OH is 4. The zero-order valence-electron chi connectivity index (χ0n) is 37.5. The molecule has 5 N–H and O–H groups in total. The molecule has 4 aromatic carbocycles.